The molecule has 0 aliphatic rings. The Kier molecular flexibility index (Phi) is 9.81. The van der Waals surface area contributed by atoms with Crippen molar-refractivity contribution < 1.29 is 5.11 Å². The molecule has 18 heavy (non-hydrogen) atoms. The Morgan fingerprint density at radius 1 is 0.833 bits per heavy atom. The largest absolute Gasteiger partial charge is 0.390 e. The van der Waals surface area contributed by atoms with Gasteiger partial charge in [0.1, 0.15) is 0 Å². The van der Waals surface area contributed by atoms with Crippen LogP contribution in [-0.4, -0.2) is 10.7 Å². The van der Waals surface area contributed by atoms with Crippen molar-refractivity contribution >= 4 is 0 Å². The van der Waals surface area contributed by atoms with Crippen molar-refractivity contribution in [1.29, 1.82) is 0 Å². The number of aliphatic hydroxyl groups is 1. The van der Waals surface area contributed by atoms with Crippen LogP contribution in [0.2, 0.25) is 0 Å². The minimum atomic E-state index is -0.407. The lowest BCUT2D eigenvalue weighted by Gasteiger charge is -2.39. The summed E-state index contributed by atoms with van der Waals surface area (Å²) in [6.07, 6.45) is 10.4. The van der Waals surface area contributed by atoms with Crippen molar-refractivity contribution in [3.05, 3.63) is 0 Å². The molecule has 1 atom stereocenters. The van der Waals surface area contributed by atoms with Crippen molar-refractivity contribution in [1.82, 2.24) is 0 Å². The lowest BCUT2D eigenvalue weighted by atomic mass is 9.71. The van der Waals surface area contributed by atoms with Gasteiger partial charge in [-0.3, -0.25) is 0 Å². The summed E-state index contributed by atoms with van der Waals surface area (Å²) in [6.45, 7) is 11.2. The van der Waals surface area contributed by atoms with Gasteiger partial charge in [0, 0.05) is 0 Å². The quantitative estimate of drug-likeness (QED) is 0.513. The molecule has 0 amide bonds. The van der Waals surface area contributed by atoms with Crippen LogP contribution < -0.4 is 0 Å². The Labute approximate surface area is 115 Å². The SMILES string of the molecule is CCCCC(C(C)C)C(O)(CCCC)CCCC. The van der Waals surface area contributed by atoms with Crippen LogP contribution in [0.1, 0.15) is 92.4 Å². The van der Waals surface area contributed by atoms with E-state index in [1.165, 1.54) is 32.1 Å². The van der Waals surface area contributed by atoms with Crippen LogP contribution in [0.4, 0.5) is 0 Å². The van der Waals surface area contributed by atoms with Crippen molar-refractivity contribution in [3.63, 3.8) is 0 Å². The first-order valence-corrected chi connectivity index (χ1v) is 8.24. The van der Waals surface area contributed by atoms with E-state index in [2.05, 4.69) is 34.6 Å². The third kappa shape index (κ3) is 6.22. The summed E-state index contributed by atoms with van der Waals surface area (Å²) in [5.74, 6) is 1.07. The molecule has 1 nitrogen and oxygen atoms in total. The zero-order valence-corrected chi connectivity index (χ0v) is 13.5. The fraction of sp³-hybridized carbons (Fsp3) is 1.00. The normalized spacial score (nSPS) is 14.2. The van der Waals surface area contributed by atoms with E-state index in [9.17, 15) is 5.11 Å². The number of unbranched alkanes of at least 4 members (excludes halogenated alkanes) is 3. The van der Waals surface area contributed by atoms with Crippen molar-refractivity contribution in [2.45, 2.75) is 98.0 Å². The topological polar surface area (TPSA) is 20.2 Å². The molecule has 1 heteroatoms. The van der Waals surface area contributed by atoms with Gasteiger partial charge in [-0.2, -0.15) is 0 Å². The molecule has 0 aliphatic heterocycles. The molecule has 0 heterocycles. The van der Waals surface area contributed by atoms with Gasteiger partial charge in [0.05, 0.1) is 5.60 Å². The zero-order valence-electron chi connectivity index (χ0n) is 13.5. The molecule has 0 aromatic rings. The molecule has 0 aliphatic carbocycles. The van der Waals surface area contributed by atoms with E-state index in [1.807, 2.05) is 0 Å². The Bertz CT molecular complexity index is 178. The van der Waals surface area contributed by atoms with Crippen LogP contribution >= 0.6 is 0 Å². The molecule has 0 aromatic carbocycles. The fourth-order valence-electron chi connectivity index (χ4n) is 3.11. The molecule has 0 aromatic heterocycles. The summed E-state index contributed by atoms with van der Waals surface area (Å²) in [5.41, 5.74) is -0.407. The number of hydrogen-bond donors (Lipinski definition) is 1. The zero-order chi connectivity index (χ0) is 14.0. The first-order chi connectivity index (χ1) is 8.51. The van der Waals surface area contributed by atoms with Gasteiger partial charge in [-0.15, -0.1) is 0 Å². The predicted octanol–water partition coefficient (Wildman–Crippen LogP) is 5.56. The number of rotatable bonds is 11. The molecule has 0 bridgehead atoms. The monoisotopic (exact) mass is 256 g/mol. The summed E-state index contributed by atoms with van der Waals surface area (Å²) in [7, 11) is 0. The van der Waals surface area contributed by atoms with Crippen molar-refractivity contribution in [2.75, 3.05) is 0 Å². The Hall–Kier alpha value is -0.0400. The van der Waals surface area contributed by atoms with Crippen LogP contribution in [-0.2, 0) is 0 Å². The van der Waals surface area contributed by atoms with E-state index in [1.54, 1.807) is 0 Å². The van der Waals surface area contributed by atoms with Crippen LogP contribution in [0, 0.1) is 11.8 Å². The van der Waals surface area contributed by atoms with Crippen LogP contribution in [0.25, 0.3) is 0 Å². The maximum atomic E-state index is 11.1. The van der Waals surface area contributed by atoms with Gasteiger partial charge >= 0.3 is 0 Å². The van der Waals surface area contributed by atoms with Crippen LogP contribution in [0.3, 0.4) is 0 Å². The molecular formula is C17H36O. The Morgan fingerprint density at radius 3 is 1.61 bits per heavy atom. The predicted molar refractivity (Wildman–Crippen MR) is 81.9 cm³/mol. The lowest BCUT2D eigenvalue weighted by Crippen LogP contribution is -2.41. The molecule has 0 fully saturated rings. The minimum absolute atomic E-state index is 0.407. The molecule has 0 spiro atoms. The smallest absolute Gasteiger partial charge is 0.0678 e. The highest BCUT2D eigenvalue weighted by Gasteiger charge is 2.36. The van der Waals surface area contributed by atoms with Gasteiger partial charge in [-0.25, -0.2) is 0 Å². The molecule has 1 N–H and O–H groups in total. The third-order valence-electron chi connectivity index (χ3n) is 4.29. The highest BCUT2D eigenvalue weighted by atomic mass is 16.3. The second kappa shape index (κ2) is 9.83. The van der Waals surface area contributed by atoms with E-state index in [0.29, 0.717) is 11.8 Å². The van der Waals surface area contributed by atoms with Gasteiger partial charge in [-0.05, 0) is 31.1 Å². The van der Waals surface area contributed by atoms with E-state index in [4.69, 9.17) is 0 Å². The average molecular weight is 256 g/mol. The van der Waals surface area contributed by atoms with Gasteiger partial charge in [0.15, 0.2) is 0 Å². The maximum Gasteiger partial charge on any atom is 0.0678 e. The molecule has 0 saturated heterocycles. The first-order valence-electron chi connectivity index (χ1n) is 8.24. The van der Waals surface area contributed by atoms with Crippen molar-refractivity contribution in [2.24, 2.45) is 11.8 Å². The maximum absolute atomic E-state index is 11.1. The lowest BCUT2D eigenvalue weighted by molar-refractivity contribution is -0.0580. The standard InChI is InChI=1S/C17H36O/c1-6-9-12-16(15(4)5)17(18,13-10-7-2)14-11-8-3/h15-16,18H,6-14H2,1-5H3. The van der Waals surface area contributed by atoms with Gasteiger partial charge in [-0.1, -0.05) is 73.1 Å². The van der Waals surface area contributed by atoms with Crippen molar-refractivity contribution in [3.8, 4) is 0 Å². The molecular weight excluding hydrogens is 220 g/mol. The van der Waals surface area contributed by atoms with E-state index < -0.39 is 5.60 Å². The van der Waals surface area contributed by atoms with Crippen LogP contribution in [0.15, 0.2) is 0 Å². The first kappa shape index (κ1) is 18.0. The molecule has 1 unspecified atom stereocenters. The van der Waals surface area contributed by atoms with Crippen LogP contribution in [0.5, 0.6) is 0 Å². The van der Waals surface area contributed by atoms with Gasteiger partial charge in [0.2, 0.25) is 0 Å². The molecule has 0 rings (SSSR count). The minimum Gasteiger partial charge on any atom is -0.390 e. The second-order valence-corrected chi connectivity index (χ2v) is 6.30. The summed E-state index contributed by atoms with van der Waals surface area (Å²) in [4.78, 5) is 0. The Balaban J connectivity index is 4.71. The summed E-state index contributed by atoms with van der Waals surface area (Å²) in [6, 6.07) is 0. The average Bonchev–Trinajstić information content (AvgIpc) is 2.34. The number of hydrogen-bond acceptors (Lipinski definition) is 1. The molecule has 0 saturated carbocycles. The highest BCUT2D eigenvalue weighted by Crippen LogP contribution is 2.37. The van der Waals surface area contributed by atoms with Gasteiger partial charge < -0.3 is 5.11 Å². The summed E-state index contributed by atoms with van der Waals surface area (Å²) in [5, 5.41) is 11.1. The van der Waals surface area contributed by atoms with E-state index in [0.717, 1.165) is 25.7 Å². The summed E-state index contributed by atoms with van der Waals surface area (Å²) >= 11 is 0. The third-order valence-corrected chi connectivity index (χ3v) is 4.29. The van der Waals surface area contributed by atoms with E-state index >= 15 is 0 Å². The molecule has 0 radical (unpaired) electrons. The van der Waals surface area contributed by atoms with E-state index in [-0.39, 0.29) is 0 Å². The highest BCUT2D eigenvalue weighted by molar-refractivity contribution is 4.88. The second-order valence-electron chi connectivity index (χ2n) is 6.30. The van der Waals surface area contributed by atoms with Gasteiger partial charge in [0.25, 0.3) is 0 Å². The Morgan fingerprint density at radius 2 is 1.28 bits per heavy atom. The fourth-order valence-corrected chi connectivity index (χ4v) is 3.11. The molecule has 110 valence electrons. The summed E-state index contributed by atoms with van der Waals surface area (Å²) < 4.78 is 0.